The summed E-state index contributed by atoms with van der Waals surface area (Å²) in [6.45, 7) is 1.00. The van der Waals surface area contributed by atoms with Crippen LogP contribution in [0, 0.1) is 16.0 Å². The van der Waals surface area contributed by atoms with Crippen molar-refractivity contribution in [3.05, 3.63) is 33.9 Å². The summed E-state index contributed by atoms with van der Waals surface area (Å²) in [5.74, 6) is -3.62. The molecule has 5 atom stereocenters. The topological polar surface area (TPSA) is 177 Å². The molecule has 0 amide bonds. The van der Waals surface area contributed by atoms with Crippen molar-refractivity contribution in [2.45, 2.75) is 44.4 Å². The fourth-order valence-electron chi connectivity index (χ4n) is 2.80. The third-order valence-electron chi connectivity index (χ3n) is 4.24. The van der Waals surface area contributed by atoms with Gasteiger partial charge in [-0.05, 0) is 11.6 Å². The van der Waals surface area contributed by atoms with Crippen LogP contribution in [0.4, 0.5) is 5.69 Å². The Morgan fingerprint density at radius 3 is 2.44 bits per heavy atom. The number of aliphatic carboxylic acids is 1. The Hall–Kier alpha value is -2.76. The molecule has 0 heterocycles. The van der Waals surface area contributed by atoms with Crippen LogP contribution in [-0.2, 0) is 20.9 Å². The number of nitrogens with zero attached hydrogens (tertiary/aromatic N) is 1. The average molecular weight is 385 g/mol. The van der Waals surface area contributed by atoms with E-state index in [9.17, 15) is 35.0 Å². The second kappa shape index (κ2) is 8.29. The number of esters is 1. The summed E-state index contributed by atoms with van der Waals surface area (Å²) >= 11 is 0. The lowest BCUT2D eigenvalue weighted by atomic mass is 9.80. The molecular formula is C16H19NO10. The van der Waals surface area contributed by atoms with E-state index < -0.39 is 52.9 Å². The number of carboxylic acids is 1. The second-order valence-corrected chi connectivity index (χ2v) is 6.15. The second-order valence-electron chi connectivity index (χ2n) is 6.15. The Labute approximate surface area is 152 Å². The Balaban J connectivity index is 2.25. The highest BCUT2D eigenvalue weighted by molar-refractivity contribution is 5.71. The number of carbonyl (C=O) groups excluding carboxylic acids is 1. The molecule has 1 aromatic rings. The van der Waals surface area contributed by atoms with E-state index in [4.69, 9.17) is 14.6 Å². The highest BCUT2D eigenvalue weighted by Crippen LogP contribution is 2.34. The lowest BCUT2D eigenvalue weighted by Crippen LogP contribution is -2.57. The minimum Gasteiger partial charge on any atom is -0.481 e. The molecule has 0 unspecified atom stereocenters. The summed E-state index contributed by atoms with van der Waals surface area (Å²) in [6.07, 6.45) is -6.77. The van der Waals surface area contributed by atoms with Crippen LogP contribution < -0.4 is 4.74 Å². The maximum atomic E-state index is 11.3. The third kappa shape index (κ3) is 4.70. The maximum absolute atomic E-state index is 11.3. The van der Waals surface area contributed by atoms with E-state index >= 15 is 0 Å². The summed E-state index contributed by atoms with van der Waals surface area (Å²) < 4.78 is 10.2. The van der Waals surface area contributed by atoms with Crippen LogP contribution in [-0.4, -0.2) is 61.7 Å². The number of rotatable bonds is 6. The number of nitro groups is 1. The van der Waals surface area contributed by atoms with E-state index in [0.717, 1.165) is 6.07 Å². The van der Waals surface area contributed by atoms with E-state index in [2.05, 4.69) is 0 Å². The quantitative estimate of drug-likeness (QED) is 0.286. The van der Waals surface area contributed by atoms with Crippen molar-refractivity contribution in [3.63, 3.8) is 0 Å². The van der Waals surface area contributed by atoms with Gasteiger partial charge in [0.05, 0.1) is 16.9 Å². The van der Waals surface area contributed by atoms with Crippen molar-refractivity contribution in [2.24, 2.45) is 5.92 Å². The molecule has 4 N–H and O–H groups in total. The van der Waals surface area contributed by atoms with Gasteiger partial charge in [0.2, 0.25) is 0 Å². The molecule has 1 aliphatic carbocycles. The lowest BCUT2D eigenvalue weighted by molar-refractivity contribution is -0.386. The molecule has 148 valence electrons. The van der Waals surface area contributed by atoms with Gasteiger partial charge < -0.3 is 29.9 Å². The van der Waals surface area contributed by atoms with E-state index in [1.54, 1.807) is 0 Å². The van der Waals surface area contributed by atoms with E-state index in [1.807, 2.05) is 0 Å². The van der Waals surface area contributed by atoms with Gasteiger partial charge in [-0.3, -0.25) is 19.7 Å². The number of nitro benzene ring substituents is 1. The Morgan fingerprint density at radius 2 is 1.89 bits per heavy atom. The molecule has 0 aliphatic heterocycles. The summed E-state index contributed by atoms with van der Waals surface area (Å²) in [5, 5.41) is 50.0. The molecular weight excluding hydrogens is 366 g/mol. The number of carbonyl (C=O) groups is 2. The van der Waals surface area contributed by atoms with Crippen molar-refractivity contribution in [3.8, 4) is 5.75 Å². The molecule has 1 aromatic carbocycles. The monoisotopic (exact) mass is 385 g/mol. The van der Waals surface area contributed by atoms with Crippen LogP contribution in [0.1, 0.15) is 18.9 Å². The van der Waals surface area contributed by atoms with Crippen molar-refractivity contribution < 1.29 is 44.4 Å². The first-order valence-electron chi connectivity index (χ1n) is 7.96. The van der Waals surface area contributed by atoms with E-state index in [0.29, 0.717) is 5.56 Å². The zero-order valence-electron chi connectivity index (χ0n) is 14.2. The molecule has 0 aromatic heterocycles. The Bertz CT molecular complexity index is 736. The third-order valence-corrected chi connectivity index (χ3v) is 4.24. The predicted molar refractivity (Wildman–Crippen MR) is 86.7 cm³/mol. The number of aliphatic hydroxyl groups excluding tert-OH is 3. The zero-order valence-corrected chi connectivity index (χ0v) is 14.2. The van der Waals surface area contributed by atoms with Crippen LogP contribution in [0.15, 0.2) is 18.2 Å². The standard InChI is InChI=1S/C16H19NO10/c1-7(18)26-6-8-2-3-11(10(4-8)17(24)25)27-12-5-9(16(22)23)13(19)15(21)14(12)20/h2-4,9,12-15,19-21H,5-6H2,1H3,(H,22,23)/t9-,12+,13+,14-,15-/m0/s1. The van der Waals surface area contributed by atoms with Gasteiger partial charge >= 0.3 is 17.6 Å². The summed E-state index contributed by atoms with van der Waals surface area (Å²) in [6, 6.07) is 3.74. The van der Waals surface area contributed by atoms with Gasteiger partial charge in [-0.25, -0.2) is 0 Å². The summed E-state index contributed by atoms with van der Waals surface area (Å²) in [7, 11) is 0. The van der Waals surface area contributed by atoms with Gasteiger partial charge in [0.15, 0.2) is 5.75 Å². The van der Waals surface area contributed by atoms with Crippen molar-refractivity contribution in [2.75, 3.05) is 0 Å². The van der Waals surface area contributed by atoms with Crippen LogP contribution >= 0.6 is 0 Å². The molecule has 11 nitrogen and oxygen atoms in total. The van der Waals surface area contributed by atoms with E-state index in [-0.39, 0.29) is 18.8 Å². The first kappa shape index (κ1) is 20.6. The molecule has 0 radical (unpaired) electrons. The smallest absolute Gasteiger partial charge is 0.311 e. The van der Waals surface area contributed by atoms with Gasteiger partial charge in [0.25, 0.3) is 0 Å². The Kier molecular flexibility index (Phi) is 6.31. The van der Waals surface area contributed by atoms with Crippen molar-refractivity contribution in [1.82, 2.24) is 0 Å². The molecule has 1 aliphatic rings. The highest BCUT2D eigenvalue weighted by Gasteiger charge is 2.47. The fourth-order valence-corrected chi connectivity index (χ4v) is 2.80. The first-order valence-corrected chi connectivity index (χ1v) is 7.96. The van der Waals surface area contributed by atoms with Gasteiger partial charge in [0.1, 0.15) is 24.9 Å². The molecule has 0 saturated heterocycles. The molecule has 1 saturated carbocycles. The maximum Gasteiger partial charge on any atom is 0.311 e. The van der Waals surface area contributed by atoms with Crippen molar-refractivity contribution in [1.29, 1.82) is 0 Å². The molecule has 0 spiro atoms. The zero-order chi connectivity index (χ0) is 20.3. The molecule has 0 bridgehead atoms. The van der Waals surface area contributed by atoms with Crippen LogP contribution in [0.3, 0.4) is 0 Å². The lowest BCUT2D eigenvalue weighted by Gasteiger charge is -2.38. The van der Waals surface area contributed by atoms with Crippen molar-refractivity contribution >= 4 is 17.6 Å². The molecule has 11 heteroatoms. The average Bonchev–Trinajstić information content (AvgIpc) is 2.60. The number of hydrogen-bond acceptors (Lipinski definition) is 9. The van der Waals surface area contributed by atoms with Crippen LogP contribution in [0.25, 0.3) is 0 Å². The minimum atomic E-state index is -1.79. The van der Waals surface area contributed by atoms with Gasteiger partial charge in [-0.2, -0.15) is 0 Å². The SMILES string of the molecule is CC(=O)OCc1ccc(O[C@@H]2C[C@H](C(=O)O)[C@@H](O)[C@H](O)[C@H]2O)c([N+](=O)[O-])c1. The highest BCUT2D eigenvalue weighted by atomic mass is 16.6. The molecule has 2 rings (SSSR count). The summed E-state index contributed by atoms with van der Waals surface area (Å²) in [4.78, 5) is 32.6. The minimum absolute atomic E-state index is 0.186. The predicted octanol–water partition coefficient (Wildman–Crippen LogP) is -0.408. The molecule has 27 heavy (non-hydrogen) atoms. The number of benzene rings is 1. The number of aliphatic hydroxyl groups is 3. The van der Waals surface area contributed by atoms with E-state index in [1.165, 1.54) is 19.1 Å². The van der Waals surface area contributed by atoms with Crippen LogP contribution in [0.5, 0.6) is 5.75 Å². The fraction of sp³-hybridized carbons (Fsp3) is 0.500. The van der Waals surface area contributed by atoms with Gasteiger partial charge in [-0.1, -0.05) is 6.07 Å². The Morgan fingerprint density at radius 1 is 1.22 bits per heavy atom. The first-order chi connectivity index (χ1) is 12.6. The molecule has 1 fully saturated rings. The van der Waals surface area contributed by atoms with Crippen LogP contribution in [0.2, 0.25) is 0 Å². The van der Waals surface area contributed by atoms with Gasteiger partial charge in [-0.15, -0.1) is 0 Å². The number of carboxylic acid groups (broad SMARTS) is 1. The largest absolute Gasteiger partial charge is 0.481 e. The summed E-state index contributed by atoms with van der Waals surface area (Å²) in [5.41, 5.74) is -0.161. The number of ether oxygens (including phenoxy) is 2. The van der Waals surface area contributed by atoms with Gasteiger partial charge in [0, 0.05) is 19.4 Å². The normalized spacial score (nSPS) is 27.6. The number of hydrogen-bond donors (Lipinski definition) is 4.